The zero-order valence-electron chi connectivity index (χ0n) is 7.73. The molecule has 0 heterocycles. The molecule has 0 spiro atoms. The molecule has 0 fully saturated rings. The fourth-order valence-corrected chi connectivity index (χ4v) is 1.22. The summed E-state index contributed by atoms with van der Waals surface area (Å²) < 4.78 is 5.03. The van der Waals surface area contributed by atoms with Crippen LogP contribution in [0.5, 0.6) is 5.75 Å². The van der Waals surface area contributed by atoms with E-state index in [1.165, 1.54) is 0 Å². The lowest BCUT2D eigenvalue weighted by Crippen LogP contribution is -2.16. The van der Waals surface area contributed by atoms with Gasteiger partial charge in [-0.3, -0.25) is 0 Å². The van der Waals surface area contributed by atoms with Gasteiger partial charge in [0.2, 0.25) is 0 Å². The zero-order chi connectivity index (χ0) is 9.68. The molecule has 1 aromatic rings. The second-order valence-corrected chi connectivity index (χ2v) is 2.96. The van der Waals surface area contributed by atoms with Crippen LogP contribution in [0.3, 0.4) is 0 Å². The van der Waals surface area contributed by atoms with E-state index in [-0.39, 0.29) is 0 Å². The first-order valence-corrected chi connectivity index (χ1v) is 4.37. The number of anilines is 1. The summed E-state index contributed by atoms with van der Waals surface area (Å²) in [5, 5.41) is 6.73. The van der Waals surface area contributed by atoms with E-state index < -0.39 is 0 Å². The van der Waals surface area contributed by atoms with Crippen LogP contribution in [0.15, 0.2) is 18.2 Å². The van der Waals surface area contributed by atoms with Gasteiger partial charge in [-0.2, -0.15) is 0 Å². The van der Waals surface area contributed by atoms with E-state index in [2.05, 4.69) is 10.6 Å². The molecule has 3 nitrogen and oxygen atoms in total. The number of nitrogens with one attached hydrogen (secondary N) is 2. The lowest BCUT2D eigenvalue weighted by molar-refractivity contribution is 0.415. The smallest absolute Gasteiger partial charge is 0.137 e. The first-order valence-electron chi connectivity index (χ1n) is 4.00. The number of ether oxygens (including phenoxy) is 1. The van der Waals surface area contributed by atoms with Crippen molar-refractivity contribution in [2.75, 3.05) is 26.1 Å². The van der Waals surface area contributed by atoms with Crippen LogP contribution >= 0.6 is 11.6 Å². The van der Waals surface area contributed by atoms with Crippen molar-refractivity contribution in [3.8, 4) is 5.75 Å². The normalized spacial score (nSPS) is 9.77. The Morgan fingerprint density at radius 3 is 2.77 bits per heavy atom. The van der Waals surface area contributed by atoms with E-state index >= 15 is 0 Å². The summed E-state index contributed by atoms with van der Waals surface area (Å²) >= 11 is 5.92. The van der Waals surface area contributed by atoms with Crippen molar-refractivity contribution < 1.29 is 4.74 Å². The largest absolute Gasteiger partial charge is 0.495 e. The van der Waals surface area contributed by atoms with Gasteiger partial charge in [0.05, 0.1) is 18.8 Å². The van der Waals surface area contributed by atoms with Gasteiger partial charge in [0.15, 0.2) is 0 Å². The highest BCUT2D eigenvalue weighted by molar-refractivity contribution is 6.32. The molecule has 0 atom stereocenters. The summed E-state index contributed by atoms with van der Waals surface area (Å²) in [6.07, 6.45) is 0. The number of benzene rings is 1. The van der Waals surface area contributed by atoms with E-state index in [0.717, 1.165) is 5.69 Å². The third kappa shape index (κ3) is 2.79. The van der Waals surface area contributed by atoms with Crippen molar-refractivity contribution in [3.05, 3.63) is 23.2 Å². The average Bonchev–Trinajstić information content (AvgIpc) is 2.15. The number of halogens is 1. The van der Waals surface area contributed by atoms with E-state index in [0.29, 0.717) is 17.4 Å². The highest BCUT2D eigenvalue weighted by atomic mass is 35.5. The summed E-state index contributed by atoms with van der Waals surface area (Å²) in [7, 11) is 3.47. The van der Waals surface area contributed by atoms with Crippen LogP contribution in [-0.2, 0) is 0 Å². The standard InChI is InChI=1S/C9H13ClN2O/c1-11-6-12-7-3-4-9(13-2)8(10)5-7/h3-5,11-12H,6H2,1-2H3. The van der Waals surface area contributed by atoms with Crippen LogP contribution in [0.1, 0.15) is 0 Å². The summed E-state index contributed by atoms with van der Waals surface area (Å²) in [4.78, 5) is 0. The molecule has 0 amide bonds. The average molecular weight is 201 g/mol. The minimum absolute atomic E-state index is 0.614. The maximum absolute atomic E-state index is 5.92. The van der Waals surface area contributed by atoms with Crippen molar-refractivity contribution in [3.63, 3.8) is 0 Å². The first-order chi connectivity index (χ1) is 6.27. The molecule has 0 saturated carbocycles. The van der Waals surface area contributed by atoms with Crippen LogP contribution in [0.4, 0.5) is 5.69 Å². The molecule has 1 aromatic carbocycles. The van der Waals surface area contributed by atoms with Gasteiger partial charge in [-0.05, 0) is 25.2 Å². The van der Waals surface area contributed by atoms with Crippen molar-refractivity contribution in [1.29, 1.82) is 0 Å². The predicted octanol–water partition coefficient (Wildman–Crippen LogP) is 1.94. The Morgan fingerprint density at radius 1 is 1.46 bits per heavy atom. The second kappa shape index (κ2) is 4.94. The molecule has 2 N–H and O–H groups in total. The first kappa shape index (κ1) is 10.2. The van der Waals surface area contributed by atoms with Gasteiger partial charge in [-0.1, -0.05) is 11.6 Å². The summed E-state index contributed by atoms with van der Waals surface area (Å²) in [6, 6.07) is 5.58. The highest BCUT2D eigenvalue weighted by Crippen LogP contribution is 2.26. The molecule has 1 rings (SSSR count). The monoisotopic (exact) mass is 200 g/mol. The number of rotatable bonds is 4. The second-order valence-electron chi connectivity index (χ2n) is 2.56. The Hall–Kier alpha value is -0.930. The molecule has 4 heteroatoms. The lowest BCUT2D eigenvalue weighted by Gasteiger charge is -2.07. The molecule has 13 heavy (non-hydrogen) atoms. The van der Waals surface area contributed by atoms with Gasteiger partial charge < -0.3 is 15.4 Å². The molecular formula is C9H13ClN2O. The Morgan fingerprint density at radius 2 is 2.23 bits per heavy atom. The third-order valence-electron chi connectivity index (χ3n) is 1.62. The van der Waals surface area contributed by atoms with Crippen LogP contribution in [0, 0.1) is 0 Å². The van der Waals surface area contributed by atoms with Crippen molar-refractivity contribution in [2.45, 2.75) is 0 Å². The maximum Gasteiger partial charge on any atom is 0.137 e. The Balaban J connectivity index is 2.71. The molecule has 0 aliphatic rings. The molecular weight excluding hydrogens is 188 g/mol. The van der Waals surface area contributed by atoms with E-state index in [9.17, 15) is 0 Å². The molecule has 0 radical (unpaired) electrons. The number of hydrogen-bond donors (Lipinski definition) is 2. The van der Waals surface area contributed by atoms with Crippen molar-refractivity contribution in [1.82, 2.24) is 5.32 Å². The highest BCUT2D eigenvalue weighted by Gasteiger charge is 2.00. The van der Waals surface area contributed by atoms with Crippen LogP contribution in [0.2, 0.25) is 5.02 Å². The minimum atomic E-state index is 0.614. The van der Waals surface area contributed by atoms with Gasteiger partial charge in [0.25, 0.3) is 0 Å². The van der Waals surface area contributed by atoms with E-state index in [4.69, 9.17) is 16.3 Å². The quantitative estimate of drug-likeness (QED) is 0.729. The summed E-state index contributed by atoms with van der Waals surface area (Å²) in [6.45, 7) is 0.711. The maximum atomic E-state index is 5.92. The molecule has 0 saturated heterocycles. The number of hydrogen-bond acceptors (Lipinski definition) is 3. The van der Waals surface area contributed by atoms with Gasteiger partial charge in [0, 0.05) is 5.69 Å². The molecule has 72 valence electrons. The fourth-order valence-electron chi connectivity index (χ4n) is 0.967. The van der Waals surface area contributed by atoms with E-state index in [1.807, 2.05) is 25.2 Å². The van der Waals surface area contributed by atoms with Gasteiger partial charge in [-0.25, -0.2) is 0 Å². The van der Waals surface area contributed by atoms with Crippen LogP contribution in [0.25, 0.3) is 0 Å². The van der Waals surface area contributed by atoms with Crippen molar-refractivity contribution >= 4 is 17.3 Å². The molecule has 0 aliphatic heterocycles. The minimum Gasteiger partial charge on any atom is -0.495 e. The topological polar surface area (TPSA) is 33.3 Å². The summed E-state index contributed by atoms with van der Waals surface area (Å²) in [5.74, 6) is 0.691. The molecule has 0 unspecified atom stereocenters. The number of methoxy groups -OCH3 is 1. The van der Waals surface area contributed by atoms with E-state index in [1.54, 1.807) is 7.11 Å². The zero-order valence-corrected chi connectivity index (χ0v) is 8.48. The summed E-state index contributed by atoms with van der Waals surface area (Å²) in [5.41, 5.74) is 0.972. The lowest BCUT2D eigenvalue weighted by atomic mass is 10.3. The van der Waals surface area contributed by atoms with Gasteiger partial charge >= 0.3 is 0 Å². The Bertz CT molecular complexity index is 278. The van der Waals surface area contributed by atoms with Crippen LogP contribution < -0.4 is 15.4 Å². The molecule has 0 bridgehead atoms. The van der Waals surface area contributed by atoms with Crippen molar-refractivity contribution in [2.24, 2.45) is 0 Å². The predicted molar refractivity (Wildman–Crippen MR) is 55.6 cm³/mol. The van der Waals surface area contributed by atoms with Crippen LogP contribution in [-0.4, -0.2) is 20.8 Å². The fraction of sp³-hybridized carbons (Fsp3) is 0.333. The molecule has 0 aliphatic carbocycles. The van der Waals surface area contributed by atoms with Gasteiger partial charge in [0.1, 0.15) is 5.75 Å². The third-order valence-corrected chi connectivity index (χ3v) is 1.92. The molecule has 0 aromatic heterocycles. The van der Waals surface area contributed by atoms with Gasteiger partial charge in [-0.15, -0.1) is 0 Å². The Labute approximate surface area is 83.0 Å². The SMILES string of the molecule is CNCNc1ccc(OC)c(Cl)c1. The Kier molecular flexibility index (Phi) is 3.86.